The lowest BCUT2D eigenvalue weighted by molar-refractivity contribution is -0.117. The molecular weight excluding hydrogens is 266 g/mol. The highest BCUT2D eigenvalue weighted by molar-refractivity contribution is 7.89. The van der Waals surface area contributed by atoms with Gasteiger partial charge < -0.3 is 11.1 Å². The maximum Gasteiger partial charge on any atom is 0.241 e. The van der Waals surface area contributed by atoms with Crippen LogP contribution in [0.2, 0.25) is 0 Å². The maximum atomic E-state index is 11.8. The molecule has 0 aliphatic rings. The van der Waals surface area contributed by atoms with Crippen molar-refractivity contribution in [3.05, 3.63) is 24.3 Å². The van der Waals surface area contributed by atoms with Gasteiger partial charge in [0.25, 0.3) is 0 Å². The summed E-state index contributed by atoms with van der Waals surface area (Å²) in [5.41, 5.74) is 6.09. The van der Waals surface area contributed by atoms with Crippen LogP contribution in [-0.2, 0) is 14.8 Å². The Hall–Kier alpha value is -1.44. The molecule has 0 saturated heterocycles. The van der Waals surface area contributed by atoms with Gasteiger partial charge in [-0.1, -0.05) is 19.9 Å². The van der Waals surface area contributed by atoms with Crippen LogP contribution in [0.25, 0.3) is 0 Å². The van der Waals surface area contributed by atoms with Gasteiger partial charge in [-0.2, -0.15) is 0 Å². The fraction of sp³-hybridized carbons (Fsp3) is 0.417. The maximum absolute atomic E-state index is 11.8. The van der Waals surface area contributed by atoms with Crippen LogP contribution in [0.5, 0.6) is 0 Å². The Bertz CT molecular complexity index is 555. The molecule has 1 aromatic carbocycles. The molecule has 0 bridgehead atoms. The molecule has 0 saturated carbocycles. The van der Waals surface area contributed by atoms with E-state index in [4.69, 9.17) is 10.9 Å². The van der Waals surface area contributed by atoms with Gasteiger partial charge >= 0.3 is 0 Å². The molecule has 0 unspecified atom stereocenters. The van der Waals surface area contributed by atoms with Crippen molar-refractivity contribution in [1.29, 1.82) is 0 Å². The number of primary sulfonamides is 1. The topological polar surface area (TPSA) is 115 Å². The van der Waals surface area contributed by atoms with E-state index < -0.39 is 16.1 Å². The van der Waals surface area contributed by atoms with Crippen LogP contribution >= 0.6 is 0 Å². The molecule has 106 valence electrons. The van der Waals surface area contributed by atoms with Crippen molar-refractivity contribution in [1.82, 2.24) is 0 Å². The molecule has 7 heteroatoms. The molecule has 0 heterocycles. The number of nitrogens with two attached hydrogens (primary N) is 2. The Morgan fingerprint density at radius 2 is 2.00 bits per heavy atom. The van der Waals surface area contributed by atoms with E-state index in [0.717, 1.165) is 0 Å². The highest BCUT2D eigenvalue weighted by atomic mass is 32.2. The molecule has 0 aliphatic heterocycles. The predicted octanol–water partition coefficient (Wildman–Crippen LogP) is 0.646. The minimum Gasteiger partial charge on any atom is -0.325 e. The number of hydrogen-bond donors (Lipinski definition) is 3. The molecule has 0 fully saturated rings. The molecule has 6 nitrogen and oxygen atoms in total. The summed E-state index contributed by atoms with van der Waals surface area (Å²) in [6.45, 7) is 3.93. The van der Waals surface area contributed by atoms with Gasteiger partial charge in [0.2, 0.25) is 15.9 Å². The molecular formula is C12H19N3O3S. The van der Waals surface area contributed by atoms with E-state index in [9.17, 15) is 13.2 Å². The number of sulfonamides is 1. The van der Waals surface area contributed by atoms with Crippen LogP contribution in [0.3, 0.4) is 0 Å². The third-order valence-electron chi connectivity index (χ3n) is 2.49. The van der Waals surface area contributed by atoms with Gasteiger partial charge in [-0.25, -0.2) is 13.6 Å². The quantitative estimate of drug-likeness (QED) is 0.736. The van der Waals surface area contributed by atoms with Crippen molar-refractivity contribution in [2.45, 2.75) is 31.2 Å². The Morgan fingerprint density at radius 1 is 1.37 bits per heavy atom. The Kier molecular flexibility index (Phi) is 5.04. The fourth-order valence-corrected chi connectivity index (χ4v) is 2.16. The Morgan fingerprint density at radius 3 is 2.53 bits per heavy atom. The SMILES string of the molecule is CC(C)C[C@@H](N)C(=O)Nc1cccc(S(N)(=O)=O)c1. The van der Waals surface area contributed by atoms with Crippen LogP contribution in [0.15, 0.2) is 29.2 Å². The van der Waals surface area contributed by atoms with Crippen molar-refractivity contribution >= 4 is 21.6 Å². The normalized spacial score (nSPS) is 13.3. The summed E-state index contributed by atoms with van der Waals surface area (Å²) >= 11 is 0. The second-order valence-corrected chi connectivity index (χ2v) is 6.36. The van der Waals surface area contributed by atoms with Gasteiger partial charge in [-0.3, -0.25) is 4.79 Å². The lowest BCUT2D eigenvalue weighted by Crippen LogP contribution is -2.36. The molecule has 1 amide bonds. The largest absolute Gasteiger partial charge is 0.325 e. The van der Waals surface area contributed by atoms with Gasteiger partial charge in [0, 0.05) is 5.69 Å². The number of amides is 1. The van der Waals surface area contributed by atoms with E-state index in [0.29, 0.717) is 18.0 Å². The average molecular weight is 285 g/mol. The zero-order valence-corrected chi connectivity index (χ0v) is 11.8. The molecule has 0 aromatic heterocycles. The number of benzene rings is 1. The highest BCUT2D eigenvalue weighted by Crippen LogP contribution is 2.14. The molecule has 1 rings (SSSR count). The third kappa shape index (κ3) is 4.98. The molecule has 1 atom stereocenters. The van der Waals surface area contributed by atoms with Crippen LogP contribution in [0, 0.1) is 5.92 Å². The molecule has 5 N–H and O–H groups in total. The van der Waals surface area contributed by atoms with Crippen molar-refractivity contribution in [3.63, 3.8) is 0 Å². The second kappa shape index (κ2) is 6.14. The number of carbonyl (C=O) groups excluding carboxylic acids is 1. The van der Waals surface area contributed by atoms with E-state index in [1.807, 2.05) is 13.8 Å². The number of anilines is 1. The lowest BCUT2D eigenvalue weighted by Gasteiger charge is -2.14. The number of nitrogens with one attached hydrogen (secondary N) is 1. The fourth-order valence-electron chi connectivity index (χ4n) is 1.60. The van der Waals surface area contributed by atoms with Crippen LogP contribution in [-0.4, -0.2) is 20.4 Å². The zero-order valence-electron chi connectivity index (χ0n) is 11.0. The van der Waals surface area contributed by atoms with Crippen molar-refractivity contribution in [2.24, 2.45) is 16.8 Å². The van der Waals surface area contributed by atoms with Crippen molar-refractivity contribution in [2.75, 3.05) is 5.32 Å². The van der Waals surface area contributed by atoms with E-state index in [1.165, 1.54) is 18.2 Å². The van der Waals surface area contributed by atoms with Gasteiger partial charge in [-0.05, 0) is 30.5 Å². The summed E-state index contributed by atoms with van der Waals surface area (Å²) in [6.07, 6.45) is 0.556. The summed E-state index contributed by atoms with van der Waals surface area (Å²) in [5.74, 6) is -0.0447. The molecule has 0 spiro atoms. The van der Waals surface area contributed by atoms with Gasteiger partial charge in [0.15, 0.2) is 0 Å². The summed E-state index contributed by atoms with van der Waals surface area (Å²) in [4.78, 5) is 11.7. The van der Waals surface area contributed by atoms with E-state index in [-0.39, 0.29) is 10.8 Å². The minimum atomic E-state index is -3.78. The molecule has 0 aliphatic carbocycles. The number of carbonyl (C=O) groups is 1. The van der Waals surface area contributed by atoms with E-state index in [2.05, 4.69) is 5.32 Å². The third-order valence-corrected chi connectivity index (χ3v) is 3.40. The van der Waals surface area contributed by atoms with Crippen LogP contribution < -0.4 is 16.2 Å². The van der Waals surface area contributed by atoms with Gasteiger partial charge in [0.05, 0.1) is 10.9 Å². The summed E-state index contributed by atoms with van der Waals surface area (Å²) in [6, 6.07) is 5.12. The zero-order chi connectivity index (χ0) is 14.6. The first-order chi connectivity index (χ1) is 8.70. The smallest absolute Gasteiger partial charge is 0.241 e. The summed E-state index contributed by atoms with van der Waals surface area (Å²) < 4.78 is 22.4. The van der Waals surface area contributed by atoms with Gasteiger partial charge in [-0.15, -0.1) is 0 Å². The predicted molar refractivity (Wildman–Crippen MR) is 73.9 cm³/mol. The average Bonchev–Trinajstić information content (AvgIpc) is 2.27. The summed E-state index contributed by atoms with van der Waals surface area (Å²) in [5, 5.41) is 7.59. The molecule has 0 radical (unpaired) electrons. The second-order valence-electron chi connectivity index (χ2n) is 4.80. The summed E-state index contributed by atoms with van der Waals surface area (Å²) in [7, 11) is -3.78. The van der Waals surface area contributed by atoms with E-state index in [1.54, 1.807) is 6.07 Å². The number of hydrogen-bond acceptors (Lipinski definition) is 4. The first-order valence-electron chi connectivity index (χ1n) is 5.89. The molecule has 19 heavy (non-hydrogen) atoms. The monoisotopic (exact) mass is 285 g/mol. The van der Waals surface area contributed by atoms with Crippen molar-refractivity contribution in [3.8, 4) is 0 Å². The van der Waals surface area contributed by atoms with E-state index >= 15 is 0 Å². The minimum absolute atomic E-state index is 0.0530. The number of rotatable bonds is 5. The highest BCUT2D eigenvalue weighted by Gasteiger charge is 2.16. The standard InChI is InChI=1S/C12H19N3O3S/c1-8(2)6-11(13)12(16)15-9-4-3-5-10(7-9)19(14,17)18/h3-5,7-8,11H,6,13H2,1-2H3,(H,15,16)(H2,14,17,18)/t11-/m1/s1. The van der Waals surface area contributed by atoms with Gasteiger partial charge in [0.1, 0.15) is 0 Å². The lowest BCUT2D eigenvalue weighted by atomic mass is 10.0. The van der Waals surface area contributed by atoms with Crippen molar-refractivity contribution < 1.29 is 13.2 Å². The molecule has 1 aromatic rings. The Labute approximate surface area is 113 Å². The Balaban J connectivity index is 2.81. The van der Waals surface area contributed by atoms with Crippen LogP contribution in [0.4, 0.5) is 5.69 Å². The first-order valence-corrected chi connectivity index (χ1v) is 7.44. The first kappa shape index (κ1) is 15.6. The van der Waals surface area contributed by atoms with Crippen LogP contribution in [0.1, 0.15) is 20.3 Å².